The molecule has 0 saturated carbocycles. The van der Waals surface area contributed by atoms with Gasteiger partial charge in [-0.3, -0.25) is 0 Å². The highest BCUT2D eigenvalue weighted by Gasteiger charge is 2.38. The summed E-state index contributed by atoms with van der Waals surface area (Å²) in [6.07, 6.45) is 0. The van der Waals surface area contributed by atoms with E-state index >= 15 is 0 Å². The smallest absolute Gasteiger partial charge is 0.0165 e. The summed E-state index contributed by atoms with van der Waals surface area (Å²) in [5, 5.41) is 13.4. The molecule has 1 aliphatic rings. The molecule has 1 aliphatic carbocycles. The third kappa shape index (κ3) is 3.53. The molecule has 0 aliphatic heterocycles. The minimum atomic E-state index is -0.116. The van der Waals surface area contributed by atoms with E-state index in [2.05, 4.69) is 161 Å². The zero-order valence-corrected chi connectivity index (χ0v) is 27.2. The van der Waals surface area contributed by atoms with E-state index in [0.717, 1.165) is 0 Å². The summed E-state index contributed by atoms with van der Waals surface area (Å²) in [5.41, 5.74) is 13.4. The Balaban J connectivity index is 1.15. The molecule has 0 heterocycles. The SMILES string of the molecule is Cc1cc(-c2ccc3ccc4cccc5ccc2c3c45)c(C)cc1-c1ccc2c(c1)C(C)(C)c1c-2c2ccccc2c2ccccc12. The summed E-state index contributed by atoms with van der Waals surface area (Å²) < 4.78 is 0. The molecule has 0 fully saturated rings. The first-order chi connectivity index (χ1) is 22.9. The van der Waals surface area contributed by atoms with Crippen molar-refractivity contribution in [1.82, 2.24) is 0 Å². The number of benzene rings is 9. The quantitative estimate of drug-likeness (QED) is 0.174. The van der Waals surface area contributed by atoms with Crippen LogP contribution in [0.15, 0.2) is 133 Å². The third-order valence-electron chi connectivity index (χ3n) is 11.2. The molecule has 222 valence electrons. The predicted molar refractivity (Wildman–Crippen MR) is 203 cm³/mol. The van der Waals surface area contributed by atoms with E-state index in [0.29, 0.717) is 0 Å². The topological polar surface area (TPSA) is 0 Å². The van der Waals surface area contributed by atoms with Gasteiger partial charge in [0.05, 0.1) is 0 Å². The summed E-state index contributed by atoms with van der Waals surface area (Å²) in [4.78, 5) is 0. The van der Waals surface area contributed by atoms with Crippen LogP contribution in [0.25, 0.3) is 87.2 Å². The standard InChI is InChI=1S/C47H34/c1-27-25-41(35-21-18-31-17-16-29-10-9-11-30-19-22-37(35)44(31)43(29)30)28(2)24-40(27)32-20-23-39-42(26-32)47(3,4)46-38-15-8-6-13-34(38)33-12-5-7-14-36(33)45(39)46/h5-26H,1-4H3. The summed E-state index contributed by atoms with van der Waals surface area (Å²) >= 11 is 0. The van der Waals surface area contributed by atoms with Crippen LogP contribution in [0.1, 0.15) is 36.1 Å². The van der Waals surface area contributed by atoms with Gasteiger partial charge in [0.25, 0.3) is 0 Å². The summed E-state index contributed by atoms with van der Waals surface area (Å²) in [6.45, 7) is 9.39. The zero-order chi connectivity index (χ0) is 31.6. The van der Waals surface area contributed by atoms with Gasteiger partial charge in [0, 0.05) is 5.41 Å². The van der Waals surface area contributed by atoms with E-state index < -0.39 is 0 Å². The number of hydrogen-bond donors (Lipinski definition) is 0. The molecule has 0 radical (unpaired) electrons. The van der Waals surface area contributed by atoms with Crippen LogP contribution >= 0.6 is 0 Å². The van der Waals surface area contributed by atoms with E-state index in [4.69, 9.17) is 0 Å². The molecule has 0 unspecified atom stereocenters. The first kappa shape index (κ1) is 26.7. The number of hydrogen-bond acceptors (Lipinski definition) is 0. The van der Waals surface area contributed by atoms with E-state index in [1.807, 2.05) is 0 Å². The largest absolute Gasteiger partial charge is 0.0616 e. The second-order valence-electron chi connectivity index (χ2n) is 14.2. The minimum Gasteiger partial charge on any atom is -0.0616 e. The van der Waals surface area contributed by atoms with Crippen LogP contribution in [0, 0.1) is 13.8 Å². The van der Waals surface area contributed by atoms with Crippen molar-refractivity contribution in [3.63, 3.8) is 0 Å². The van der Waals surface area contributed by atoms with Crippen molar-refractivity contribution in [2.24, 2.45) is 0 Å². The fourth-order valence-corrected chi connectivity index (χ4v) is 9.04. The van der Waals surface area contributed by atoms with Crippen LogP contribution in [0.5, 0.6) is 0 Å². The van der Waals surface area contributed by atoms with Crippen LogP contribution in [-0.4, -0.2) is 0 Å². The third-order valence-corrected chi connectivity index (χ3v) is 11.2. The average Bonchev–Trinajstić information content (AvgIpc) is 3.34. The molecule has 0 nitrogen and oxygen atoms in total. The summed E-state index contributed by atoms with van der Waals surface area (Å²) in [5.74, 6) is 0. The van der Waals surface area contributed by atoms with E-state index in [1.165, 1.54) is 109 Å². The second-order valence-corrected chi connectivity index (χ2v) is 14.2. The molecule has 0 heteroatoms. The van der Waals surface area contributed by atoms with Crippen LogP contribution in [0.3, 0.4) is 0 Å². The average molecular weight is 599 g/mol. The number of aryl methyl sites for hydroxylation is 2. The normalized spacial score (nSPS) is 13.7. The van der Waals surface area contributed by atoms with Crippen molar-refractivity contribution >= 4 is 53.9 Å². The van der Waals surface area contributed by atoms with Crippen molar-refractivity contribution in [1.29, 1.82) is 0 Å². The van der Waals surface area contributed by atoms with Gasteiger partial charge >= 0.3 is 0 Å². The molecule has 0 bridgehead atoms. The maximum absolute atomic E-state index is 2.48. The Morgan fingerprint density at radius 3 is 1.74 bits per heavy atom. The number of fused-ring (bicyclic) bond motifs is 8. The maximum atomic E-state index is 2.48. The molecule has 0 atom stereocenters. The van der Waals surface area contributed by atoms with Crippen molar-refractivity contribution in [3.05, 3.63) is 156 Å². The van der Waals surface area contributed by atoms with E-state index in [9.17, 15) is 0 Å². The van der Waals surface area contributed by atoms with Crippen LogP contribution in [-0.2, 0) is 5.41 Å². The monoisotopic (exact) mass is 598 g/mol. The number of rotatable bonds is 2. The van der Waals surface area contributed by atoms with Gasteiger partial charge in [0.2, 0.25) is 0 Å². The van der Waals surface area contributed by atoms with Crippen molar-refractivity contribution < 1.29 is 0 Å². The van der Waals surface area contributed by atoms with Gasteiger partial charge in [-0.05, 0) is 129 Å². The molecule has 47 heavy (non-hydrogen) atoms. The Hall–Kier alpha value is -5.46. The highest BCUT2D eigenvalue weighted by atomic mass is 14.4. The Morgan fingerprint density at radius 2 is 0.979 bits per heavy atom. The van der Waals surface area contributed by atoms with E-state index in [-0.39, 0.29) is 5.41 Å². The van der Waals surface area contributed by atoms with Crippen molar-refractivity contribution in [2.45, 2.75) is 33.1 Å². The Bertz CT molecular complexity index is 2760. The Labute approximate surface area is 275 Å². The highest BCUT2D eigenvalue weighted by Crippen LogP contribution is 2.55. The molecule has 0 N–H and O–H groups in total. The van der Waals surface area contributed by atoms with Crippen molar-refractivity contribution in [3.8, 4) is 33.4 Å². The zero-order valence-electron chi connectivity index (χ0n) is 27.2. The lowest BCUT2D eigenvalue weighted by Crippen LogP contribution is -2.15. The fourth-order valence-electron chi connectivity index (χ4n) is 9.04. The fraction of sp³-hybridized carbons (Fsp3) is 0.106. The van der Waals surface area contributed by atoms with Gasteiger partial charge in [-0.25, -0.2) is 0 Å². The molecule has 9 aromatic carbocycles. The molecule has 10 rings (SSSR count). The van der Waals surface area contributed by atoms with Gasteiger partial charge in [0.1, 0.15) is 0 Å². The highest BCUT2D eigenvalue weighted by molar-refractivity contribution is 6.25. The molecular weight excluding hydrogens is 565 g/mol. The van der Waals surface area contributed by atoms with Gasteiger partial charge < -0.3 is 0 Å². The Kier molecular flexibility index (Phi) is 5.29. The van der Waals surface area contributed by atoms with Gasteiger partial charge in [-0.2, -0.15) is 0 Å². The van der Waals surface area contributed by atoms with E-state index in [1.54, 1.807) is 0 Å². The van der Waals surface area contributed by atoms with Gasteiger partial charge in [-0.1, -0.05) is 141 Å². The van der Waals surface area contributed by atoms with Gasteiger partial charge in [0.15, 0.2) is 0 Å². The summed E-state index contributed by atoms with van der Waals surface area (Å²) in [7, 11) is 0. The lowest BCUT2D eigenvalue weighted by atomic mass is 9.78. The van der Waals surface area contributed by atoms with Crippen LogP contribution < -0.4 is 0 Å². The lowest BCUT2D eigenvalue weighted by Gasteiger charge is -2.24. The first-order valence-corrected chi connectivity index (χ1v) is 16.8. The molecule has 0 saturated heterocycles. The Morgan fingerprint density at radius 1 is 0.404 bits per heavy atom. The van der Waals surface area contributed by atoms with Crippen molar-refractivity contribution in [2.75, 3.05) is 0 Å². The summed E-state index contributed by atoms with van der Waals surface area (Å²) in [6, 6.07) is 50.4. The van der Waals surface area contributed by atoms with Crippen LogP contribution in [0.4, 0.5) is 0 Å². The first-order valence-electron chi connectivity index (χ1n) is 16.8. The minimum absolute atomic E-state index is 0.116. The molecular formula is C47H34. The van der Waals surface area contributed by atoms with Crippen LogP contribution in [0.2, 0.25) is 0 Å². The maximum Gasteiger partial charge on any atom is 0.0165 e. The predicted octanol–water partition coefficient (Wildman–Crippen LogP) is 13.1. The lowest BCUT2D eigenvalue weighted by molar-refractivity contribution is 0.667. The molecule has 0 amide bonds. The molecule has 0 aromatic heterocycles. The second kappa shape index (κ2) is 9.30. The molecule has 9 aromatic rings. The van der Waals surface area contributed by atoms with Gasteiger partial charge in [-0.15, -0.1) is 0 Å². The molecule has 0 spiro atoms.